The smallest absolute Gasteiger partial charge is 0.257 e. The number of piperidine rings is 1. The Hall–Kier alpha value is -1.95. The van der Waals surface area contributed by atoms with Crippen LogP contribution in [-0.4, -0.2) is 40.1 Å². The molecule has 2 unspecified atom stereocenters. The number of aryl methyl sites for hydroxylation is 1. The number of carbonyl (C=O) groups excluding carboxylic acids is 1. The molecule has 0 aliphatic carbocycles. The van der Waals surface area contributed by atoms with Gasteiger partial charge >= 0.3 is 0 Å². The summed E-state index contributed by atoms with van der Waals surface area (Å²) in [5.74, 6) is 0.382. The third-order valence-corrected chi connectivity index (χ3v) is 4.25. The van der Waals surface area contributed by atoms with Crippen LogP contribution in [0, 0.1) is 12.8 Å². The molecular formula is C15H20N4O2. The summed E-state index contributed by atoms with van der Waals surface area (Å²) in [7, 11) is 0. The molecule has 2 atom stereocenters. The van der Waals surface area contributed by atoms with Gasteiger partial charge in [-0.25, -0.2) is 4.98 Å². The molecule has 1 aliphatic rings. The van der Waals surface area contributed by atoms with Gasteiger partial charge in [-0.05, 0) is 38.7 Å². The zero-order valence-electron chi connectivity index (χ0n) is 12.4. The number of likely N-dealkylation sites (tertiary alicyclic amines) is 1. The number of amides is 1. The lowest BCUT2D eigenvalue weighted by Gasteiger charge is -2.34. The fraction of sp³-hybridized carbons (Fsp3) is 0.533. The Morgan fingerprint density at radius 1 is 1.57 bits per heavy atom. The SMILES string of the molecule is Cc1noc2ncc(C(=O)N3CCCC(C(C)N)C3)cc12. The van der Waals surface area contributed by atoms with E-state index in [1.807, 2.05) is 24.8 Å². The van der Waals surface area contributed by atoms with Crippen molar-refractivity contribution in [2.45, 2.75) is 32.7 Å². The van der Waals surface area contributed by atoms with E-state index in [0.717, 1.165) is 37.0 Å². The second kappa shape index (κ2) is 5.44. The number of hydrogen-bond acceptors (Lipinski definition) is 5. The molecule has 3 heterocycles. The number of pyridine rings is 1. The van der Waals surface area contributed by atoms with Crippen LogP contribution in [0.15, 0.2) is 16.8 Å². The maximum absolute atomic E-state index is 12.6. The van der Waals surface area contributed by atoms with Crippen LogP contribution in [0.3, 0.4) is 0 Å². The molecule has 0 aromatic carbocycles. The van der Waals surface area contributed by atoms with E-state index in [-0.39, 0.29) is 11.9 Å². The van der Waals surface area contributed by atoms with Crippen molar-refractivity contribution in [3.8, 4) is 0 Å². The molecule has 6 nitrogen and oxygen atoms in total. The van der Waals surface area contributed by atoms with Crippen molar-refractivity contribution in [2.75, 3.05) is 13.1 Å². The second-order valence-corrected chi connectivity index (χ2v) is 5.86. The molecule has 112 valence electrons. The quantitative estimate of drug-likeness (QED) is 0.909. The van der Waals surface area contributed by atoms with E-state index in [2.05, 4.69) is 10.1 Å². The van der Waals surface area contributed by atoms with Gasteiger partial charge in [0.15, 0.2) is 0 Å². The van der Waals surface area contributed by atoms with Crippen LogP contribution in [0.2, 0.25) is 0 Å². The average Bonchev–Trinajstić information content (AvgIpc) is 2.87. The zero-order valence-corrected chi connectivity index (χ0v) is 12.4. The third-order valence-electron chi connectivity index (χ3n) is 4.25. The van der Waals surface area contributed by atoms with Crippen LogP contribution in [0.4, 0.5) is 0 Å². The lowest BCUT2D eigenvalue weighted by molar-refractivity contribution is 0.0660. The number of nitrogens with two attached hydrogens (primary N) is 1. The summed E-state index contributed by atoms with van der Waals surface area (Å²) in [6.45, 7) is 5.35. The van der Waals surface area contributed by atoms with Gasteiger partial charge in [-0.2, -0.15) is 0 Å². The highest BCUT2D eigenvalue weighted by Gasteiger charge is 2.27. The van der Waals surface area contributed by atoms with Gasteiger partial charge in [0.05, 0.1) is 16.6 Å². The Bertz CT molecular complexity index is 665. The fourth-order valence-corrected chi connectivity index (χ4v) is 2.87. The number of hydrogen-bond donors (Lipinski definition) is 1. The summed E-state index contributed by atoms with van der Waals surface area (Å²) in [6, 6.07) is 1.92. The van der Waals surface area contributed by atoms with Crippen molar-refractivity contribution in [3.63, 3.8) is 0 Å². The molecule has 21 heavy (non-hydrogen) atoms. The van der Waals surface area contributed by atoms with Crippen LogP contribution in [0.5, 0.6) is 0 Å². The van der Waals surface area contributed by atoms with Gasteiger partial charge in [0.1, 0.15) is 0 Å². The highest BCUT2D eigenvalue weighted by Crippen LogP contribution is 2.22. The lowest BCUT2D eigenvalue weighted by Crippen LogP contribution is -2.45. The van der Waals surface area contributed by atoms with E-state index >= 15 is 0 Å². The topological polar surface area (TPSA) is 85.2 Å². The van der Waals surface area contributed by atoms with Gasteiger partial charge in [-0.15, -0.1) is 0 Å². The van der Waals surface area contributed by atoms with Gasteiger partial charge < -0.3 is 15.2 Å². The minimum Gasteiger partial charge on any atom is -0.338 e. The van der Waals surface area contributed by atoms with E-state index < -0.39 is 0 Å². The Balaban J connectivity index is 1.84. The maximum Gasteiger partial charge on any atom is 0.257 e. The molecular weight excluding hydrogens is 268 g/mol. The van der Waals surface area contributed by atoms with Crippen molar-refractivity contribution in [1.29, 1.82) is 0 Å². The van der Waals surface area contributed by atoms with E-state index in [1.165, 1.54) is 0 Å². The first-order valence-corrected chi connectivity index (χ1v) is 7.33. The summed E-state index contributed by atoms with van der Waals surface area (Å²) >= 11 is 0. The number of nitrogens with zero attached hydrogens (tertiary/aromatic N) is 3. The molecule has 1 amide bonds. The van der Waals surface area contributed by atoms with Crippen LogP contribution in [0.1, 0.15) is 35.8 Å². The van der Waals surface area contributed by atoms with Gasteiger partial charge in [0.2, 0.25) is 0 Å². The van der Waals surface area contributed by atoms with Crippen molar-refractivity contribution in [3.05, 3.63) is 23.5 Å². The monoisotopic (exact) mass is 288 g/mol. The van der Waals surface area contributed by atoms with E-state index in [0.29, 0.717) is 17.2 Å². The molecule has 3 rings (SSSR count). The minimum atomic E-state index is 0.00958. The van der Waals surface area contributed by atoms with Crippen molar-refractivity contribution in [2.24, 2.45) is 11.7 Å². The molecule has 2 N–H and O–H groups in total. The molecule has 0 saturated carbocycles. The average molecular weight is 288 g/mol. The molecule has 1 saturated heterocycles. The van der Waals surface area contributed by atoms with Gasteiger partial charge in [-0.1, -0.05) is 5.16 Å². The summed E-state index contributed by atoms with van der Waals surface area (Å²) in [4.78, 5) is 18.7. The Labute approximate surface area is 123 Å². The molecule has 0 radical (unpaired) electrons. The highest BCUT2D eigenvalue weighted by molar-refractivity contribution is 5.97. The predicted octanol–water partition coefficient (Wildman–Crippen LogP) is 1.73. The van der Waals surface area contributed by atoms with E-state index in [1.54, 1.807) is 6.20 Å². The molecule has 2 aromatic heterocycles. The fourth-order valence-electron chi connectivity index (χ4n) is 2.87. The largest absolute Gasteiger partial charge is 0.338 e. The molecule has 0 spiro atoms. The highest BCUT2D eigenvalue weighted by atomic mass is 16.5. The maximum atomic E-state index is 12.6. The zero-order chi connectivity index (χ0) is 15.0. The number of rotatable bonds is 2. The molecule has 2 aromatic rings. The number of carbonyl (C=O) groups is 1. The Morgan fingerprint density at radius 2 is 2.38 bits per heavy atom. The first kappa shape index (κ1) is 14.0. The second-order valence-electron chi connectivity index (χ2n) is 5.86. The first-order valence-electron chi connectivity index (χ1n) is 7.33. The standard InChI is InChI=1S/C15H20N4O2/c1-9(16)11-4-3-5-19(8-11)15(20)12-6-13-10(2)18-21-14(13)17-7-12/h6-7,9,11H,3-5,8,16H2,1-2H3. The number of fused-ring (bicyclic) bond motifs is 1. The summed E-state index contributed by atoms with van der Waals surface area (Å²) in [5, 5.41) is 4.66. The Morgan fingerprint density at radius 3 is 3.14 bits per heavy atom. The third kappa shape index (κ3) is 2.63. The van der Waals surface area contributed by atoms with E-state index in [4.69, 9.17) is 10.3 Å². The molecule has 6 heteroatoms. The van der Waals surface area contributed by atoms with Gasteiger partial charge in [-0.3, -0.25) is 4.79 Å². The molecule has 1 aliphatic heterocycles. The minimum absolute atomic E-state index is 0.00958. The summed E-state index contributed by atoms with van der Waals surface area (Å²) in [5.41, 5.74) is 7.78. The Kier molecular flexibility index (Phi) is 3.63. The van der Waals surface area contributed by atoms with Crippen molar-refractivity contribution < 1.29 is 9.32 Å². The van der Waals surface area contributed by atoms with Gasteiger partial charge in [0.25, 0.3) is 11.6 Å². The first-order chi connectivity index (χ1) is 10.1. The lowest BCUT2D eigenvalue weighted by atomic mass is 9.92. The van der Waals surface area contributed by atoms with Crippen molar-refractivity contribution >= 4 is 17.0 Å². The van der Waals surface area contributed by atoms with Crippen LogP contribution >= 0.6 is 0 Å². The molecule has 1 fully saturated rings. The van der Waals surface area contributed by atoms with Crippen LogP contribution < -0.4 is 5.73 Å². The van der Waals surface area contributed by atoms with E-state index in [9.17, 15) is 4.79 Å². The summed E-state index contributed by atoms with van der Waals surface area (Å²) < 4.78 is 5.07. The van der Waals surface area contributed by atoms with Crippen LogP contribution in [0.25, 0.3) is 11.1 Å². The van der Waals surface area contributed by atoms with Crippen molar-refractivity contribution in [1.82, 2.24) is 15.0 Å². The number of aromatic nitrogens is 2. The predicted molar refractivity (Wildman–Crippen MR) is 78.8 cm³/mol. The molecule has 0 bridgehead atoms. The van der Waals surface area contributed by atoms with Crippen LogP contribution in [-0.2, 0) is 0 Å². The summed E-state index contributed by atoms with van der Waals surface area (Å²) in [6.07, 6.45) is 3.65. The normalized spacial score (nSPS) is 20.7. The van der Waals surface area contributed by atoms with Gasteiger partial charge in [0, 0.05) is 25.3 Å².